The van der Waals surface area contributed by atoms with Crippen molar-refractivity contribution in [2.45, 2.75) is 45.1 Å². The van der Waals surface area contributed by atoms with E-state index in [-0.39, 0.29) is 11.8 Å². The molecule has 1 saturated carbocycles. The van der Waals surface area contributed by atoms with Crippen LogP contribution in [0.4, 0.5) is 0 Å². The quantitative estimate of drug-likeness (QED) is 0.767. The highest BCUT2D eigenvalue weighted by atomic mass is 35.5. The number of thiophene rings is 1. The first-order valence-corrected chi connectivity index (χ1v) is 8.88. The maximum absolute atomic E-state index is 12.5. The first-order valence-electron chi connectivity index (χ1n) is 7.69. The minimum absolute atomic E-state index is 0.00686. The molecule has 20 heavy (non-hydrogen) atoms. The van der Waals surface area contributed by atoms with Crippen LogP contribution in [0.3, 0.4) is 0 Å². The Morgan fingerprint density at radius 3 is 2.75 bits per heavy atom. The summed E-state index contributed by atoms with van der Waals surface area (Å²) >= 11 is 7.34. The van der Waals surface area contributed by atoms with Gasteiger partial charge in [-0.15, -0.1) is 11.3 Å². The standard InChI is InChI=1S/C16H22ClNOS/c1-11(16(19)14-6-7-15(17)20-14)18-9-8-12-4-2-3-5-13(12)10-18/h6-7,11-13H,2-5,8-10H2,1H3. The summed E-state index contributed by atoms with van der Waals surface area (Å²) in [6, 6.07) is 3.67. The third-order valence-corrected chi connectivity index (χ3v) is 6.31. The first kappa shape index (κ1) is 14.6. The van der Waals surface area contributed by atoms with Gasteiger partial charge in [0.1, 0.15) is 0 Å². The van der Waals surface area contributed by atoms with E-state index in [2.05, 4.69) is 11.8 Å². The van der Waals surface area contributed by atoms with E-state index in [4.69, 9.17) is 11.6 Å². The molecule has 0 N–H and O–H groups in total. The van der Waals surface area contributed by atoms with Crippen LogP contribution in [0.25, 0.3) is 0 Å². The molecule has 0 aromatic carbocycles. The van der Waals surface area contributed by atoms with E-state index in [0.29, 0.717) is 4.34 Å². The lowest BCUT2D eigenvalue weighted by atomic mass is 9.75. The maximum atomic E-state index is 12.5. The Hall–Kier alpha value is -0.380. The molecule has 2 heterocycles. The number of fused-ring (bicyclic) bond motifs is 1. The normalized spacial score (nSPS) is 28.9. The van der Waals surface area contributed by atoms with Gasteiger partial charge in [0.2, 0.25) is 0 Å². The predicted octanol–water partition coefficient (Wildman–Crippen LogP) is 4.48. The number of ketones is 1. The number of likely N-dealkylation sites (tertiary alicyclic amines) is 1. The van der Waals surface area contributed by atoms with Crippen molar-refractivity contribution in [1.82, 2.24) is 4.90 Å². The van der Waals surface area contributed by atoms with Gasteiger partial charge in [0.15, 0.2) is 5.78 Å². The number of carbonyl (C=O) groups is 1. The fourth-order valence-electron chi connectivity index (χ4n) is 3.80. The second-order valence-corrected chi connectivity index (χ2v) is 7.95. The highest BCUT2D eigenvalue weighted by Gasteiger charge is 2.34. The molecular weight excluding hydrogens is 290 g/mol. The Labute approximate surface area is 130 Å². The van der Waals surface area contributed by atoms with Crippen molar-refractivity contribution in [3.05, 3.63) is 21.3 Å². The molecule has 1 aromatic rings. The van der Waals surface area contributed by atoms with Gasteiger partial charge in [-0.3, -0.25) is 9.69 Å². The van der Waals surface area contributed by atoms with Crippen molar-refractivity contribution in [3.8, 4) is 0 Å². The average molecular weight is 312 g/mol. The third-order valence-electron chi connectivity index (χ3n) is 5.07. The highest BCUT2D eigenvalue weighted by molar-refractivity contribution is 7.18. The lowest BCUT2D eigenvalue weighted by Crippen LogP contribution is -2.48. The smallest absolute Gasteiger partial charge is 0.189 e. The molecular formula is C16H22ClNOS. The highest BCUT2D eigenvalue weighted by Crippen LogP contribution is 2.37. The number of piperidine rings is 1. The molecule has 2 aliphatic rings. The summed E-state index contributed by atoms with van der Waals surface area (Å²) in [7, 11) is 0. The molecule has 1 saturated heterocycles. The van der Waals surface area contributed by atoms with Crippen LogP contribution in [0, 0.1) is 11.8 Å². The van der Waals surface area contributed by atoms with Crippen LogP contribution in [0.5, 0.6) is 0 Å². The molecule has 1 aliphatic carbocycles. The van der Waals surface area contributed by atoms with E-state index in [9.17, 15) is 4.79 Å². The molecule has 0 bridgehead atoms. The summed E-state index contributed by atoms with van der Waals surface area (Å²) in [5.41, 5.74) is 0. The van der Waals surface area contributed by atoms with E-state index in [1.807, 2.05) is 12.1 Å². The van der Waals surface area contributed by atoms with Crippen molar-refractivity contribution in [1.29, 1.82) is 0 Å². The maximum Gasteiger partial charge on any atom is 0.189 e. The molecule has 0 spiro atoms. The van der Waals surface area contributed by atoms with Gasteiger partial charge >= 0.3 is 0 Å². The van der Waals surface area contributed by atoms with Gasteiger partial charge in [0, 0.05) is 6.54 Å². The van der Waals surface area contributed by atoms with E-state index in [1.54, 1.807) is 0 Å². The van der Waals surface area contributed by atoms with E-state index >= 15 is 0 Å². The Bertz CT molecular complexity index is 487. The van der Waals surface area contributed by atoms with E-state index in [0.717, 1.165) is 29.8 Å². The van der Waals surface area contributed by atoms with Gasteiger partial charge in [0.05, 0.1) is 15.3 Å². The Balaban J connectivity index is 1.65. The summed E-state index contributed by atoms with van der Waals surface area (Å²) in [5.74, 6) is 1.97. The first-order chi connectivity index (χ1) is 9.65. The molecule has 3 unspecified atom stereocenters. The molecule has 110 valence electrons. The van der Waals surface area contributed by atoms with Crippen molar-refractivity contribution in [2.75, 3.05) is 13.1 Å². The zero-order valence-electron chi connectivity index (χ0n) is 12.0. The van der Waals surface area contributed by atoms with Crippen molar-refractivity contribution in [3.63, 3.8) is 0 Å². The topological polar surface area (TPSA) is 20.3 Å². The predicted molar refractivity (Wildman–Crippen MR) is 84.8 cm³/mol. The fraction of sp³-hybridized carbons (Fsp3) is 0.688. The van der Waals surface area contributed by atoms with Crippen molar-refractivity contribution >= 4 is 28.7 Å². The molecule has 2 nitrogen and oxygen atoms in total. The van der Waals surface area contributed by atoms with Gasteiger partial charge < -0.3 is 0 Å². The zero-order valence-corrected chi connectivity index (χ0v) is 13.6. The Morgan fingerprint density at radius 2 is 2.05 bits per heavy atom. The number of Topliss-reactive ketones (excluding diaryl/α,β-unsaturated/α-hetero) is 1. The van der Waals surface area contributed by atoms with Crippen LogP contribution in [-0.2, 0) is 0 Å². The number of hydrogen-bond donors (Lipinski definition) is 0. The number of nitrogens with zero attached hydrogens (tertiary/aromatic N) is 1. The summed E-state index contributed by atoms with van der Waals surface area (Å²) < 4.78 is 0.700. The average Bonchev–Trinajstić information content (AvgIpc) is 2.92. The van der Waals surface area contributed by atoms with Crippen LogP contribution in [-0.4, -0.2) is 29.8 Å². The van der Waals surface area contributed by atoms with Gasteiger partial charge in [0.25, 0.3) is 0 Å². The molecule has 0 amide bonds. The van der Waals surface area contributed by atoms with E-state index in [1.165, 1.54) is 43.4 Å². The number of rotatable bonds is 3. The minimum Gasteiger partial charge on any atom is -0.293 e. The van der Waals surface area contributed by atoms with Crippen LogP contribution in [0.15, 0.2) is 12.1 Å². The van der Waals surface area contributed by atoms with Crippen LogP contribution >= 0.6 is 22.9 Å². The second-order valence-electron chi connectivity index (χ2n) is 6.23. The number of carbonyl (C=O) groups excluding carboxylic acids is 1. The summed E-state index contributed by atoms with van der Waals surface area (Å²) in [6.45, 7) is 4.24. The molecule has 3 rings (SSSR count). The van der Waals surface area contributed by atoms with Gasteiger partial charge in [-0.25, -0.2) is 0 Å². The van der Waals surface area contributed by atoms with Gasteiger partial charge in [-0.2, -0.15) is 0 Å². The molecule has 1 aliphatic heterocycles. The van der Waals surface area contributed by atoms with Gasteiger partial charge in [-0.05, 0) is 50.3 Å². The SMILES string of the molecule is CC(C(=O)c1ccc(Cl)s1)N1CCC2CCCCC2C1. The van der Waals surface area contributed by atoms with E-state index < -0.39 is 0 Å². The summed E-state index contributed by atoms with van der Waals surface area (Å²) in [6.07, 6.45) is 6.81. The molecule has 2 fully saturated rings. The number of halogens is 1. The number of hydrogen-bond acceptors (Lipinski definition) is 3. The molecule has 0 radical (unpaired) electrons. The van der Waals surface area contributed by atoms with Crippen LogP contribution in [0.1, 0.15) is 48.7 Å². The zero-order chi connectivity index (χ0) is 14.1. The van der Waals surface area contributed by atoms with Crippen molar-refractivity contribution in [2.24, 2.45) is 11.8 Å². The largest absolute Gasteiger partial charge is 0.293 e. The Morgan fingerprint density at radius 1 is 1.30 bits per heavy atom. The van der Waals surface area contributed by atoms with Crippen LogP contribution in [0.2, 0.25) is 4.34 Å². The Kier molecular flexibility index (Phi) is 4.49. The summed E-state index contributed by atoms with van der Waals surface area (Å²) in [4.78, 5) is 15.7. The second kappa shape index (κ2) is 6.17. The summed E-state index contributed by atoms with van der Waals surface area (Å²) in [5, 5.41) is 0. The monoisotopic (exact) mass is 311 g/mol. The lowest BCUT2D eigenvalue weighted by Gasteiger charge is -2.43. The third kappa shape index (κ3) is 2.95. The van der Waals surface area contributed by atoms with Crippen LogP contribution < -0.4 is 0 Å². The molecule has 1 aromatic heterocycles. The van der Waals surface area contributed by atoms with Gasteiger partial charge in [-0.1, -0.05) is 30.9 Å². The van der Waals surface area contributed by atoms with Crippen molar-refractivity contribution < 1.29 is 4.79 Å². The molecule has 3 atom stereocenters. The fourth-order valence-corrected chi connectivity index (χ4v) is 4.86. The molecule has 4 heteroatoms. The minimum atomic E-state index is -0.00686. The lowest BCUT2D eigenvalue weighted by molar-refractivity contribution is 0.0521.